The van der Waals surface area contributed by atoms with E-state index in [0.717, 1.165) is 5.56 Å². The molecule has 0 amide bonds. The molecule has 0 aromatic heterocycles. The first-order valence-corrected chi connectivity index (χ1v) is 5.30. The molecule has 0 bridgehead atoms. The standard InChI is InChI=1S/C11H12Cl2N2/c1-11(2,7-14)15-6-8-3-4-9(12)5-10(8)13/h3-5,15H,6H2,1-2H3. The summed E-state index contributed by atoms with van der Waals surface area (Å²) in [6.45, 7) is 4.18. The zero-order valence-electron chi connectivity index (χ0n) is 8.64. The molecule has 1 aromatic rings. The van der Waals surface area contributed by atoms with Crippen molar-refractivity contribution >= 4 is 23.2 Å². The molecule has 80 valence electrons. The lowest BCUT2D eigenvalue weighted by Crippen LogP contribution is -2.36. The fourth-order valence-electron chi connectivity index (χ4n) is 1.02. The summed E-state index contributed by atoms with van der Waals surface area (Å²) in [5.41, 5.74) is 0.382. The first-order chi connectivity index (χ1) is 6.94. The number of nitriles is 1. The maximum absolute atomic E-state index is 8.82. The molecular formula is C11H12Cl2N2. The van der Waals surface area contributed by atoms with Crippen molar-refractivity contribution in [3.05, 3.63) is 33.8 Å². The molecule has 4 heteroatoms. The second kappa shape index (κ2) is 4.85. The van der Waals surface area contributed by atoms with Crippen LogP contribution in [0.25, 0.3) is 0 Å². The maximum atomic E-state index is 8.82. The molecule has 0 spiro atoms. The van der Waals surface area contributed by atoms with Gasteiger partial charge in [-0.1, -0.05) is 29.3 Å². The van der Waals surface area contributed by atoms with Crippen LogP contribution in [0.5, 0.6) is 0 Å². The van der Waals surface area contributed by atoms with Gasteiger partial charge in [-0.3, -0.25) is 5.32 Å². The smallest absolute Gasteiger partial charge is 0.101 e. The quantitative estimate of drug-likeness (QED) is 0.883. The second-order valence-corrected chi connectivity index (χ2v) is 4.67. The third kappa shape index (κ3) is 3.71. The van der Waals surface area contributed by atoms with Crippen LogP contribution >= 0.6 is 23.2 Å². The molecule has 0 aliphatic carbocycles. The minimum Gasteiger partial charge on any atom is -0.296 e. The Kier molecular flexibility index (Phi) is 3.98. The van der Waals surface area contributed by atoms with Crippen LogP contribution in [0.2, 0.25) is 10.0 Å². The van der Waals surface area contributed by atoms with E-state index in [1.807, 2.05) is 19.9 Å². The van der Waals surface area contributed by atoms with Crippen LogP contribution in [-0.2, 0) is 6.54 Å². The number of nitrogens with zero attached hydrogens (tertiary/aromatic N) is 1. The minimum absolute atomic E-state index is 0.552. The lowest BCUT2D eigenvalue weighted by atomic mass is 10.1. The molecule has 15 heavy (non-hydrogen) atoms. The lowest BCUT2D eigenvalue weighted by molar-refractivity contribution is 0.485. The Bertz CT molecular complexity index is 394. The van der Waals surface area contributed by atoms with Crippen LogP contribution in [0, 0.1) is 11.3 Å². The van der Waals surface area contributed by atoms with Crippen LogP contribution in [0.1, 0.15) is 19.4 Å². The lowest BCUT2D eigenvalue weighted by Gasteiger charge is -2.17. The van der Waals surface area contributed by atoms with Gasteiger partial charge in [-0.25, -0.2) is 0 Å². The first kappa shape index (κ1) is 12.3. The molecule has 0 radical (unpaired) electrons. The Hall–Kier alpha value is -0.750. The molecule has 0 fully saturated rings. The molecule has 1 N–H and O–H groups in total. The van der Waals surface area contributed by atoms with Gasteiger partial charge in [0, 0.05) is 16.6 Å². The number of hydrogen-bond donors (Lipinski definition) is 1. The Labute approximate surface area is 99.8 Å². The highest BCUT2D eigenvalue weighted by Crippen LogP contribution is 2.21. The first-order valence-electron chi connectivity index (χ1n) is 4.55. The predicted molar refractivity (Wildman–Crippen MR) is 63.0 cm³/mol. The topological polar surface area (TPSA) is 35.8 Å². The highest BCUT2D eigenvalue weighted by molar-refractivity contribution is 6.35. The molecule has 2 nitrogen and oxygen atoms in total. The van der Waals surface area contributed by atoms with Crippen molar-refractivity contribution in [1.82, 2.24) is 5.32 Å². The number of nitrogens with one attached hydrogen (secondary N) is 1. The summed E-state index contributed by atoms with van der Waals surface area (Å²) < 4.78 is 0. The van der Waals surface area contributed by atoms with Gasteiger partial charge in [0.25, 0.3) is 0 Å². The van der Waals surface area contributed by atoms with Gasteiger partial charge in [0.15, 0.2) is 0 Å². The summed E-state index contributed by atoms with van der Waals surface area (Å²) in [4.78, 5) is 0. The average molecular weight is 243 g/mol. The van der Waals surface area contributed by atoms with Crippen LogP contribution in [-0.4, -0.2) is 5.54 Å². The van der Waals surface area contributed by atoms with Gasteiger partial charge in [0.1, 0.15) is 5.54 Å². The number of hydrogen-bond acceptors (Lipinski definition) is 2. The molecule has 1 aromatic carbocycles. The van der Waals surface area contributed by atoms with Crippen LogP contribution in [0.3, 0.4) is 0 Å². The highest BCUT2D eigenvalue weighted by atomic mass is 35.5. The van der Waals surface area contributed by atoms with E-state index >= 15 is 0 Å². The van der Waals surface area contributed by atoms with Crippen molar-refractivity contribution in [2.24, 2.45) is 0 Å². The zero-order valence-corrected chi connectivity index (χ0v) is 10.2. The van der Waals surface area contributed by atoms with Crippen molar-refractivity contribution in [3.63, 3.8) is 0 Å². The van der Waals surface area contributed by atoms with Crippen molar-refractivity contribution in [3.8, 4) is 6.07 Å². The fraction of sp³-hybridized carbons (Fsp3) is 0.364. The molecule has 1 rings (SSSR count). The molecule has 0 atom stereocenters. The highest BCUT2D eigenvalue weighted by Gasteiger charge is 2.15. The summed E-state index contributed by atoms with van der Waals surface area (Å²) in [5, 5.41) is 13.1. The number of halogens is 2. The molecule has 0 unspecified atom stereocenters. The summed E-state index contributed by atoms with van der Waals surface area (Å²) in [5.74, 6) is 0. The summed E-state index contributed by atoms with van der Waals surface area (Å²) in [6, 6.07) is 7.49. The van der Waals surface area contributed by atoms with Gasteiger partial charge in [-0.2, -0.15) is 5.26 Å². The van der Waals surface area contributed by atoms with Gasteiger partial charge in [-0.05, 0) is 31.5 Å². The van der Waals surface area contributed by atoms with Crippen molar-refractivity contribution in [2.75, 3.05) is 0 Å². The van der Waals surface area contributed by atoms with Gasteiger partial charge < -0.3 is 0 Å². The van der Waals surface area contributed by atoms with E-state index in [2.05, 4.69) is 11.4 Å². The Balaban J connectivity index is 2.71. The van der Waals surface area contributed by atoms with Gasteiger partial charge >= 0.3 is 0 Å². The molecule has 0 aliphatic heterocycles. The summed E-state index contributed by atoms with van der Waals surface area (Å²) in [7, 11) is 0. The molecular weight excluding hydrogens is 231 g/mol. The van der Waals surface area contributed by atoms with Crippen molar-refractivity contribution in [2.45, 2.75) is 25.9 Å². The Morgan fingerprint density at radius 2 is 2.07 bits per heavy atom. The molecule has 0 aliphatic rings. The van der Waals surface area contributed by atoms with Crippen molar-refractivity contribution < 1.29 is 0 Å². The molecule has 0 saturated heterocycles. The minimum atomic E-state index is -0.553. The second-order valence-electron chi connectivity index (χ2n) is 3.83. The van der Waals surface area contributed by atoms with Crippen LogP contribution in [0.4, 0.5) is 0 Å². The van der Waals surface area contributed by atoms with Crippen molar-refractivity contribution in [1.29, 1.82) is 5.26 Å². The largest absolute Gasteiger partial charge is 0.296 e. The third-order valence-corrected chi connectivity index (χ3v) is 2.60. The SMILES string of the molecule is CC(C)(C#N)NCc1ccc(Cl)cc1Cl. The zero-order chi connectivity index (χ0) is 11.5. The number of benzene rings is 1. The number of rotatable bonds is 3. The van der Waals surface area contributed by atoms with E-state index in [1.54, 1.807) is 12.1 Å². The summed E-state index contributed by atoms with van der Waals surface area (Å²) >= 11 is 11.8. The van der Waals surface area contributed by atoms with Gasteiger partial charge in [0.05, 0.1) is 6.07 Å². The normalized spacial score (nSPS) is 11.1. The van der Waals surface area contributed by atoms with E-state index in [0.29, 0.717) is 16.6 Å². The predicted octanol–water partition coefficient (Wildman–Crippen LogP) is 3.39. The average Bonchev–Trinajstić information content (AvgIpc) is 2.16. The Morgan fingerprint density at radius 1 is 1.40 bits per heavy atom. The van der Waals surface area contributed by atoms with E-state index in [1.165, 1.54) is 0 Å². The summed E-state index contributed by atoms with van der Waals surface area (Å²) in [6.07, 6.45) is 0. The van der Waals surface area contributed by atoms with E-state index < -0.39 is 5.54 Å². The van der Waals surface area contributed by atoms with Gasteiger partial charge in [0.2, 0.25) is 0 Å². The van der Waals surface area contributed by atoms with E-state index in [4.69, 9.17) is 28.5 Å². The molecule has 0 saturated carbocycles. The van der Waals surface area contributed by atoms with Crippen LogP contribution in [0.15, 0.2) is 18.2 Å². The fourth-order valence-corrected chi connectivity index (χ4v) is 1.50. The van der Waals surface area contributed by atoms with Gasteiger partial charge in [-0.15, -0.1) is 0 Å². The van der Waals surface area contributed by atoms with Crippen LogP contribution < -0.4 is 5.32 Å². The third-order valence-electron chi connectivity index (χ3n) is 2.02. The van der Waals surface area contributed by atoms with E-state index in [9.17, 15) is 0 Å². The Morgan fingerprint density at radius 3 is 2.60 bits per heavy atom. The van der Waals surface area contributed by atoms with E-state index in [-0.39, 0.29) is 0 Å². The maximum Gasteiger partial charge on any atom is 0.101 e. The molecule has 0 heterocycles. The monoisotopic (exact) mass is 242 g/mol.